The van der Waals surface area contributed by atoms with E-state index in [0.29, 0.717) is 54.6 Å². The van der Waals surface area contributed by atoms with Crippen LogP contribution in [0.4, 0.5) is 0 Å². The molecule has 27 heteroatoms. The van der Waals surface area contributed by atoms with Crippen LogP contribution in [0.1, 0.15) is 51.8 Å². The molecule has 0 radical (unpaired) electrons. The number of phenolic OH excluding ortho intramolecular Hbond substituents is 15. The maximum absolute atomic E-state index is 14.1. The van der Waals surface area contributed by atoms with E-state index < -0.39 is 187 Å². The zero-order valence-electron chi connectivity index (χ0n) is 33.4. The van der Waals surface area contributed by atoms with Gasteiger partial charge in [-0.25, -0.2) is 24.0 Å². The van der Waals surface area contributed by atoms with Gasteiger partial charge in [-0.3, -0.25) is 0 Å². The predicted molar refractivity (Wildman–Crippen MR) is 211 cm³/mol. The minimum Gasteiger partial charge on any atom is -0.504 e. The van der Waals surface area contributed by atoms with Crippen molar-refractivity contribution in [2.75, 3.05) is 6.61 Å². The van der Waals surface area contributed by atoms with Gasteiger partial charge in [-0.15, -0.1) is 0 Å². The Kier molecular flexibility index (Phi) is 13.0. The zero-order valence-corrected chi connectivity index (χ0v) is 33.4. The van der Waals surface area contributed by atoms with Crippen LogP contribution in [0.2, 0.25) is 0 Å². The molecule has 0 bridgehead atoms. The van der Waals surface area contributed by atoms with E-state index in [1.54, 1.807) is 0 Å². The van der Waals surface area contributed by atoms with Gasteiger partial charge >= 0.3 is 29.8 Å². The molecule has 1 heterocycles. The lowest BCUT2D eigenvalue weighted by molar-refractivity contribution is -0.283. The highest BCUT2D eigenvalue weighted by molar-refractivity contribution is 5.99. The van der Waals surface area contributed by atoms with Gasteiger partial charge in [0.1, 0.15) is 17.2 Å². The third-order valence-corrected chi connectivity index (χ3v) is 9.61. The predicted octanol–water partition coefficient (Wildman–Crippen LogP) is 1.04. The molecule has 1 aliphatic rings. The van der Waals surface area contributed by atoms with Crippen LogP contribution in [0, 0.1) is 0 Å². The lowest BCUT2D eigenvalue weighted by Gasteiger charge is -2.43. The summed E-state index contributed by atoms with van der Waals surface area (Å²) in [5, 5.41) is 162. The number of hydrogen-bond donors (Lipinski definition) is 16. The van der Waals surface area contributed by atoms with Crippen LogP contribution in [-0.2, 0) is 23.7 Å². The smallest absolute Gasteiger partial charge is 0.344 e. The van der Waals surface area contributed by atoms with E-state index in [1.807, 2.05) is 0 Å². The number of esters is 5. The summed E-state index contributed by atoms with van der Waals surface area (Å²) in [6, 6.07) is 4.90. The first-order chi connectivity index (χ1) is 31.9. The van der Waals surface area contributed by atoms with E-state index in [9.17, 15) is 106 Å². The summed E-state index contributed by atoms with van der Waals surface area (Å²) in [4.78, 5) is 68.4. The van der Waals surface area contributed by atoms with Crippen LogP contribution < -0.4 is 4.74 Å². The minimum atomic E-state index is -2.66. The summed E-state index contributed by atoms with van der Waals surface area (Å²) >= 11 is 0. The standard InChI is InChI=1S/C41H32O27/c42-10-24-33(65-37(59)12-5-19(46)27(53)20(47)6-12)34(66-38(60)13-7-21(48)28(54)22(49)8-13)35(67-40(62)15-9-23(50)29(55)31(57)25(15)51)41(63-24)68-39(61)14-1-2-16(43)30(56)32(14)64-36(58)11-3-17(44)26(52)18(45)4-11/h1-9,24,33-35,41-57H,10H2. The molecule has 0 spiro atoms. The molecule has 0 amide bonds. The second kappa shape index (κ2) is 18.5. The van der Waals surface area contributed by atoms with E-state index in [4.69, 9.17) is 28.4 Å². The summed E-state index contributed by atoms with van der Waals surface area (Å²) in [6.07, 6.45) is -12.4. The van der Waals surface area contributed by atoms with E-state index in [2.05, 4.69) is 0 Å². The van der Waals surface area contributed by atoms with Crippen LogP contribution in [0.25, 0.3) is 0 Å². The summed E-state index contributed by atoms with van der Waals surface area (Å²) in [6.45, 7) is -1.34. The first-order valence-corrected chi connectivity index (χ1v) is 18.5. The van der Waals surface area contributed by atoms with Gasteiger partial charge < -0.3 is 110 Å². The number of benzene rings is 5. The first kappa shape index (κ1) is 47.8. The molecular formula is C41H32O27. The fourth-order valence-electron chi connectivity index (χ4n) is 6.19. The van der Waals surface area contributed by atoms with Crippen molar-refractivity contribution < 1.29 is 134 Å². The highest BCUT2D eigenvalue weighted by atomic mass is 16.7. The molecule has 5 aromatic rings. The third kappa shape index (κ3) is 9.16. The van der Waals surface area contributed by atoms with E-state index in [0.717, 1.165) is 0 Å². The molecular weight excluding hydrogens is 924 g/mol. The molecule has 5 unspecified atom stereocenters. The average Bonchev–Trinajstić information content (AvgIpc) is 3.29. The second-order valence-corrected chi connectivity index (χ2v) is 14.0. The van der Waals surface area contributed by atoms with Crippen molar-refractivity contribution in [2.45, 2.75) is 30.7 Å². The number of phenols is 15. The number of aliphatic hydroxyl groups is 1. The van der Waals surface area contributed by atoms with Crippen LogP contribution >= 0.6 is 0 Å². The number of aromatic hydroxyl groups is 15. The monoisotopic (exact) mass is 956 g/mol. The molecule has 1 aliphatic heterocycles. The van der Waals surface area contributed by atoms with Gasteiger partial charge in [0.2, 0.25) is 29.6 Å². The molecule has 6 rings (SSSR count). The SMILES string of the molecule is O=C(Oc1c(C(=O)OC2OC(CO)C(OC(=O)c3cc(O)c(O)c(O)c3)C(OC(=O)c3cc(O)c(O)c(O)c3)C2OC(=O)c2cc(O)c(O)c(O)c2O)ccc(O)c1O)c1cc(O)c(O)c(O)c1. The molecule has 1 saturated heterocycles. The Balaban J connectivity index is 1.48. The lowest BCUT2D eigenvalue weighted by Crippen LogP contribution is -2.63. The van der Waals surface area contributed by atoms with Crippen LogP contribution in [0.3, 0.4) is 0 Å². The quantitative estimate of drug-likeness (QED) is 0.0289. The Morgan fingerprint density at radius 1 is 0.397 bits per heavy atom. The largest absolute Gasteiger partial charge is 0.504 e. The summed E-state index contributed by atoms with van der Waals surface area (Å²) in [5.41, 5.74) is -4.60. The molecule has 0 saturated carbocycles. The topological polar surface area (TPSA) is 464 Å². The number of aliphatic hydroxyl groups excluding tert-OH is 1. The average molecular weight is 957 g/mol. The van der Waals surface area contributed by atoms with Gasteiger partial charge in [0.05, 0.1) is 23.3 Å². The van der Waals surface area contributed by atoms with E-state index in [-0.39, 0.29) is 0 Å². The van der Waals surface area contributed by atoms with Gasteiger partial charge in [0.15, 0.2) is 87.0 Å². The molecule has 16 N–H and O–H groups in total. The minimum absolute atomic E-state index is 0.325. The molecule has 358 valence electrons. The lowest BCUT2D eigenvalue weighted by atomic mass is 9.97. The van der Waals surface area contributed by atoms with Crippen LogP contribution in [-0.4, -0.2) is 149 Å². The fourth-order valence-corrected chi connectivity index (χ4v) is 6.19. The summed E-state index contributed by atoms with van der Waals surface area (Å²) in [5.74, 6) is -27.7. The van der Waals surface area contributed by atoms with Crippen LogP contribution in [0.5, 0.6) is 92.0 Å². The normalized spacial score (nSPS) is 17.6. The Morgan fingerprint density at radius 3 is 1.28 bits per heavy atom. The molecule has 0 aliphatic carbocycles. The van der Waals surface area contributed by atoms with Crippen molar-refractivity contribution in [3.8, 4) is 92.0 Å². The Hall–Kier alpha value is -9.63. The summed E-state index contributed by atoms with van der Waals surface area (Å²) < 4.78 is 32.5. The number of hydrogen-bond acceptors (Lipinski definition) is 27. The van der Waals surface area contributed by atoms with Crippen molar-refractivity contribution in [3.63, 3.8) is 0 Å². The zero-order chi connectivity index (χ0) is 50.2. The van der Waals surface area contributed by atoms with Crippen molar-refractivity contribution in [3.05, 3.63) is 82.4 Å². The summed E-state index contributed by atoms with van der Waals surface area (Å²) in [7, 11) is 0. The molecule has 68 heavy (non-hydrogen) atoms. The van der Waals surface area contributed by atoms with Gasteiger partial charge in [-0.05, 0) is 48.5 Å². The Morgan fingerprint density at radius 2 is 0.809 bits per heavy atom. The fraction of sp³-hybridized carbons (Fsp3) is 0.146. The van der Waals surface area contributed by atoms with Gasteiger partial charge in [0, 0.05) is 6.07 Å². The molecule has 5 aromatic carbocycles. The van der Waals surface area contributed by atoms with Gasteiger partial charge in [-0.2, -0.15) is 0 Å². The molecule has 1 fully saturated rings. The van der Waals surface area contributed by atoms with E-state index >= 15 is 0 Å². The highest BCUT2D eigenvalue weighted by Crippen LogP contribution is 2.46. The highest BCUT2D eigenvalue weighted by Gasteiger charge is 2.54. The van der Waals surface area contributed by atoms with Gasteiger partial charge in [0.25, 0.3) is 0 Å². The van der Waals surface area contributed by atoms with Crippen molar-refractivity contribution in [1.29, 1.82) is 0 Å². The Labute approximate surface area is 375 Å². The number of ether oxygens (including phenoxy) is 6. The maximum atomic E-state index is 14.1. The second-order valence-electron chi connectivity index (χ2n) is 14.0. The van der Waals surface area contributed by atoms with E-state index in [1.165, 1.54) is 0 Å². The first-order valence-electron chi connectivity index (χ1n) is 18.5. The maximum Gasteiger partial charge on any atom is 0.344 e. The Bertz CT molecular complexity index is 2820. The van der Waals surface area contributed by atoms with Crippen molar-refractivity contribution in [2.24, 2.45) is 0 Å². The van der Waals surface area contributed by atoms with Crippen molar-refractivity contribution >= 4 is 29.8 Å². The number of carbonyl (C=O) groups is 5. The van der Waals surface area contributed by atoms with Crippen molar-refractivity contribution in [1.82, 2.24) is 0 Å². The third-order valence-electron chi connectivity index (χ3n) is 9.61. The number of carbonyl (C=O) groups excluding carboxylic acids is 5. The molecule has 27 nitrogen and oxygen atoms in total. The number of rotatable bonds is 11. The van der Waals surface area contributed by atoms with Gasteiger partial charge in [-0.1, -0.05) is 0 Å². The van der Waals surface area contributed by atoms with Crippen LogP contribution in [0.15, 0.2) is 54.6 Å². The molecule has 0 aromatic heterocycles. The molecule has 5 atom stereocenters.